The Labute approximate surface area is 121 Å². The quantitative estimate of drug-likeness (QED) is 0.857. The van der Waals surface area contributed by atoms with Crippen LogP contribution in [0.2, 0.25) is 0 Å². The first kappa shape index (κ1) is 17.5. The summed E-state index contributed by atoms with van der Waals surface area (Å²) in [5.41, 5.74) is -1.03. The highest BCUT2D eigenvalue weighted by atomic mass is 32.2. The summed E-state index contributed by atoms with van der Waals surface area (Å²) in [5.74, 6) is -0.558. The molecule has 0 bridgehead atoms. The largest absolute Gasteiger partial charge is 0.416 e. The zero-order valence-corrected chi connectivity index (χ0v) is 12.6. The van der Waals surface area contributed by atoms with E-state index in [1.54, 1.807) is 0 Å². The van der Waals surface area contributed by atoms with Crippen molar-refractivity contribution in [3.63, 3.8) is 0 Å². The molecular formula is C13H15F3N2O2S. The van der Waals surface area contributed by atoms with Crippen LogP contribution in [0.25, 0.3) is 0 Å². The number of alkyl halides is 3. The molecule has 0 aliphatic carbocycles. The molecule has 0 heterocycles. The van der Waals surface area contributed by atoms with Crippen LogP contribution in [0, 0.1) is 24.2 Å². The van der Waals surface area contributed by atoms with Crippen molar-refractivity contribution in [2.75, 3.05) is 13.6 Å². The van der Waals surface area contributed by atoms with Crippen LogP contribution in [0.3, 0.4) is 0 Å². The molecule has 0 saturated carbocycles. The van der Waals surface area contributed by atoms with E-state index in [4.69, 9.17) is 5.26 Å². The van der Waals surface area contributed by atoms with E-state index in [0.717, 1.165) is 16.4 Å². The summed E-state index contributed by atoms with van der Waals surface area (Å²) in [4.78, 5) is -0.437. The second kappa shape index (κ2) is 6.03. The molecule has 1 atom stereocenters. The van der Waals surface area contributed by atoms with Gasteiger partial charge in [0.2, 0.25) is 10.0 Å². The second-order valence-electron chi connectivity index (χ2n) is 4.79. The molecule has 0 N–H and O–H groups in total. The van der Waals surface area contributed by atoms with Crippen molar-refractivity contribution < 1.29 is 21.6 Å². The van der Waals surface area contributed by atoms with Crippen LogP contribution in [-0.4, -0.2) is 26.3 Å². The van der Waals surface area contributed by atoms with Gasteiger partial charge in [-0.2, -0.15) is 22.7 Å². The number of nitriles is 1. The summed E-state index contributed by atoms with van der Waals surface area (Å²) in [7, 11) is -2.83. The fraction of sp³-hybridized carbons (Fsp3) is 0.462. The Balaban J connectivity index is 3.25. The highest BCUT2D eigenvalue weighted by Crippen LogP contribution is 2.33. The third-order valence-electron chi connectivity index (χ3n) is 2.97. The molecule has 0 aliphatic rings. The molecule has 0 aromatic heterocycles. The minimum Gasteiger partial charge on any atom is -0.207 e. The average molecular weight is 320 g/mol. The van der Waals surface area contributed by atoms with Crippen molar-refractivity contribution in [1.82, 2.24) is 4.31 Å². The average Bonchev–Trinajstić information content (AvgIpc) is 2.37. The minimum atomic E-state index is -4.62. The number of hydrogen-bond donors (Lipinski definition) is 0. The second-order valence-corrected chi connectivity index (χ2v) is 6.84. The minimum absolute atomic E-state index is 0.0468. The van der Waals surface area contributed by atoms with Gasteiger partial charge in [0.05, 0.1) is 22.4 Å². The molecule has 0 spiro atoms. The van der Waals surface area contributed by atoms with Crippen molar-refractivity contribution in [3.05, 3.63) is 29.3 Å². The monoisotopic (exact) mass is 320 g/mol. The molecule has 0 saturated heterocycles. The van der Waals surface area contributed by atoms with Crippen molar-refractivity contribution in [2.24, 2.45) is 5.92 Å². The number of aryl methyl sites for hydroxylation is 1. The van der Waals surface area contributed by atoms with Crippen LogP contribution in [0.5, 0.6) is 0 Å². The van der Waals surface area contributed by atoms with E-state index in [1.807, 2.05) is 6.07 Å². The Morgan fingerprint density at radius 1 is 1.38 bits per heavy atom. The zero-order valence-electron chi connectivity index (χ0n) is 11.8. The predicted molar refractivity (Wildman–Crippen MR) is 70.8 cm³/mol. The van der Waals surface area contributed by atoms with Crippen molar-refractivity contribution >= 4 is 10.0 Å². The third-order valence-corrected chi connectivity index (χ3v) is 4.79. The Morgan fingerprint density at radius 3 is 2.43 bits per heavy atom. The molecule has 0 aliphatic heterocycles. The SMILES string of the molecule is Cc1ccc(S(=O)(=O)N(C)C[C@H](C)C#N)cc1C(F)(F)F. The molecule has 4 nitrogen and oxygen atoms in total. The Bertz CT molecular complexity index is 663. The van der Waals surface area contributed by atoms with Crippen molar-refractivity contribution in [2.45, 2.75) is 24.9 Å². The summed E-state index contributed by atoms with van der Waals surface area (Å²) >= 11 is 0. The van der Waals surface area contributed by atoms with E-state index < -0.39 is 32.6 Å². The maximum Gasteiger partial charge on any atom is 0.416 e. The van der Waals surface area contributed by atoms with Gasteiger partial charge in [0.25, 0.3) is 0 Å². The Morgan fingerprint density at radius 2 is 1.95 bits per heavy atom. The molecule has 1 aromatic carbocycles. The van der Waals surface area contributed by atoms with Gasteiger partial charge in [-0.1, -0.05) is 6.07 Å². The first-order chi connectivity index (χ1) is 9.50. The first-order valence-corrected chi connectivity index (χ1v) is 7.48. The van der Waals surface area contributed by atoms with Gasteiger partial charge in [0.1, 0.15) is 0 Å². The fourth-order valence-corrected chi connectivity index (χ4v) is 3.06. The van der Waals surface area contributed by atoms with E-state index in [9.17, 15) is 21.6 Å². The third kappa shape index (κ3) is 3.95. The lowest BCUT2D eigenvalue weighted by atomic mass is 10.1. The lowest BCUT2D eigenvalue weighted by Crippen LogP contribution is -2.31. The smallest absolute Gasteiger partial charge is 0.207 e. The Kier molecular flexibility index (Phi) is 5.02. The van der Waals surface area contributed by atoms with Crippen LogP contribution in [0.1, 0.15) is 18.1 Å². The molecule has 0 fully saturated rings. The molecule has 21 heavy (non-hydrogen) atoms. The fourth-order valence-electron chi connectivity index (χ4n) is 1.77. The number of nitrogens with zero attached hydrogens (tertiary/aromatic N) is 2. The summed E-state index contributed by atoms with van der Waals surface area (Å²) in [6.07, 6.45) is -4.62. The van der Waals surface area contributed by atoms with Gasteiger partial charge in [-0.3, -0.25) is 0 Å². The van der Waals surface area contributed by atoms with Gasteiger partial charge in [-0.05, 0) is 31.5 Å². The zero-order chi connectivity index (χ0) is 16.4. The maximum absolute atomic E-state index is 12.8. The van der Waals surface area contributed by atoms with E-state index >= 15 is 0 Å². The molecule has 8 heteroatoms. The number of sulfonamides is 1. The number of hydrogen-bond acceptors (Lipinski definition) is 3. The number of benzene rings is 1. The first-order valence-electron chi connectivity index (χ1n) is 6.04. The number of rotatable bonds is 4. The normalized spacial score (nSPS) is 14.0. The maximum atomic E-state index is 12.8. The van der Waals surface area contributed by atoms with E-state index in [2.05, 4.69) is 0 Å². The van der Waals surface area contributed by atoms with E-state index in [0.29, 0.717) is 6.07 Å². The van der Waals surface area contributed by atoms with Crippen molar-refractivity contribution in [3.8, 4) is 6.07 Å². The van der Waals surface area contributed by atoms with Gasteiger partial charge in [0.15, 0.2) is 0 Å². The molecule has 0 radical (unpaired) electrons. The van der Waals surface area contributed by atoms with Crippen LogP contribution in [0.15, 0.2) is 23.1 Å². The summed E-state index contributed by atoms with van der Waals surface area (Å²) < 4.78 is 63.8. The van der Waals surface area contributed by atoms with Gasteiger partial charge < -0.3 is 0 Å². The molecule has 0 amide bonds. The topological polar surface area (TPSA) is 61.2 Å². The molecular weight excluding hydrogens is 305 g/mol. The lowest BCUT2D eigenvalue weighted by molar-refractivity contribution is -0.138. The lowest BCUT2D eigenvalue weighted by Gasteiger charge is -2.19. The summed E-state index contributed by atoms with van der Waals surface area (Å²) in [5, 5.41) is 8.69. The van der Waals surface area contributed by atoms with Crippen LogP contribution in [-0.2, 0) is 16.2 Å². The van der Waals surface area contributed by atoms with E-state index in [1.165, 1.54) is 20.9 Å². The molecule has 1 rings (SSSR count). The highest BCUT2D eigenvalue weighted by molar-refractivity contribution is 7.89. The predicted octanol–water partition coefficient (Wildman–Crippen LogP) is 2.79. The van der Waals surface area contributed by atoms with Crippen LogP contribution in [0.4, 0.5) is 13.2 Å². The summed E-state index contributed by atoms with van der Waals surface area (Å²) in [6, 6.07) is 4.76. The standard InChI is InChI=1S/C13H15F3N2O2S/c1-9(7-17)8-18(3)21(19,20)11-5-4-10(2)12(6-11)13(14,15)16/h4-6,9H,8H2,1-3H3/t9-/m1/s1. The van der Waals surface area contributed by atoms with E-state index in [-0.39, 0.29) is 12.1 Å². The van der Waals surface area contributed by atoms with Gasteiger partial charge in [-0.15, -0.1) is 0 Å². The highest BCUT2D eigenvalue weighted by Gasteiger charge is 2.34. The van der Waals surface area contributed by atoms with Crippen molar-refractivity contribution in [1.29, 1.82) is 5.26 Å². The number of halogens is 3. The van der Waals surface area contributed by atoms with Gasteiger partial charge in [0, 0.05) is 13.6 Å². The van der Waals surface area contributed by atoms with Crippen LogP contribution >= 0.6 is 0 Å². The molecule has 0 unspecified atom stereocenters. The van der Waals surface area contributed by atoms with Gasteiger partial charge >= 0.3 is 6.18 Å². The Hall–Kier alpha value is -1.59. The van der Waals surface area contributed by atoms with Crippen LogP contribution < -0.4 is 0 Å². The summed E-state index contributed by atoms with van der Waals surface area (Å²) in [6.45, 7) is 2.71. The molecule has 116 valence electrons. The molecule has 1 aromatic rings. The van der Waals surface area contributed by atoms with Gasteiger partial charge in [-0.25, -0.2) is 8.42 Å².